The molecule has 0 spiro atoms. The van der Waals surface area contributed by atoms with Gasteiger partial charge in [0.25, 0.3) is 0 Å². The number of amides is 2. The van der Waals surface area contributed by atoms with Crippen molar-refractivity contribution in [3.8, 4) is 0 Å². The highest BCUT2D eigenvalue weighted by molar-refractivity contribution is 9.10. The lowest BCUT2D eigenvalue weighted by molar-refractivity contribution is 0.0697. The number of rotatable bonds is 4. The molecule has 1 aromatic carbocycles. The first-order valence-electron chi connectivity index (χ1n) is 5.11. The molecule has 0 bridgehead atoms. The Kier molecular flexibility index (Phi) is 4.91. The minimum absolute atomic E-state index is 0.111. The summed E-state index contributed by atoms with van der Waals surface area (Å²) in [4.78, 5) is 24.0. The molecular weight excluding hydrogens is 300 g/mol. The predicted octanol–water partition coefficient (Wildman–Crippen LogP) is 2.80. The van der Waals surface area contributed by atoms with Crippen LogP contribution in [0, 0.1) is 0 Å². The maximum atomic E-state index is 11.7. The first-order chi connectivity index (χ1) is 8.45. The van der Waals surface area contributed by atoms with Crippen LogP contribution in [0.4, 0.5) is 10.5 Å². The molecule has 0 aromatic heterocycles. The molecule has 2 N–H and O–H groups in total. The molecule has 1 rings (SSSR count). The molecule has 0 aliphatic rings. The SMILES string of the molecule is C=CCN(C)C(=O)Nc1cc(C(=O)O)ccc1Br. The molecule has 0 saturated heterocycles. The van der Waals surface area contributed by atoms with E-state index in [9.17, 15) is 9.59 Å². The van der Waals surface area contributed by atoms with Crippen molar-refractivity contribution in [2.24, 2.45) is 0 Å². The van der Waals surface area contributed by atoms with Gasteiger partial charge in [0.15, 0.2) is 0 Å². The largest absolute Gasteiger partial charge is 0.478 e. The third kappa shape index (κ3) is 3.59. The lowest BCUT2D eigenvalue weighted by Crippen LogP contribution is -2.31. The van der Waals surface area contributed by atoms with Crippen molar-refractivity contribution in [3.63, 3.8) is 0 Å². The molecule has 0 aliphatic carbocycles. The summed E-state index contributed by atoms with van der Waals surface area (Å²) in [6.07, 6.45) is 1.60. The fourth-order valence-corrected chi connectivity index (χ4v) is 1.59. The van der Waals surface area contributed by atoms with Gasteiger partial charge in [0.1, 0.15) is 0 Å². The monoisotopic (exact) mass is 312 g/mol. The average molecular weight is 313 g/mol. The first-order valence-corrected chi connectivity index (χ1v) is 5.91. The van der Waals surface area contributed by atoms with E-state index < -0.39 is 5.97 Å². The number of aromatic carboxylic acids is 1. The number of carbonyl (C=O) groups excluding carboxylic acids is 1. The third-order valence-corrected chi connectivity index (χ3v) is 2.90. The molecule has 0 radical (unpaired) electrons. The summed E-state index contributed by atoms with van der Waals surface area (Å²) < 4.78 is 0.618. The van der Waals surface area contributed by atoms with Crippen LogP contribution in [0.15, 0.2) is 35.3 Å². The van der Waals surface area contributed by atoms with E-state index in [4.69, 9.17) is 5.11 Å². The Morgan fingerprint density at radius 2 is 2.22 bits per heavy atom. The van der Waals surface area contributed by atoms with Crippen LogP contribution < -0.4 is 5.32 Å². The van der Waals surface area contributed by atoms with Crippen LogP contribution in [0.1, 0.15) is 10.4 Å². The molecule has 0 atom stereocenters. The minimum atomic E-state index is -1.04. The van der Waals surface area contributed by atoms with Gasteiger partial charge in [-0.25, -0.2) is 9.59 Å². The van der Waals surface area contributed by atoms with Gasteiger partial charge in [0.2, 0.25) is 0 Å². The molecule has 18 heavy (non-hydrogen) atoms. The number of nitrogens with zero attached hydrogens (tertiary/aromatic N) is 1. The van der Waals surface area contributed by atoms with Gasteiger partial charge in [0, 0.05) is 18.1 Å². The lowest BCUT2D eigenvalue weighted by atomic mass is 10.2. The van der Waals surface area contributed by atoms with E-state index in [1.807, 2.05) is 0 Å². The number of likely N-dealkylation sites (N-methyl/N-ethyl adjacent to an activating group) is 1. The zero-order valence-electron chi connectivity index (χ0n) is 9.81. The number of urea groups is 1. The summed E-state index contributed by atoms with van der Waals surface area (Å²) in [5.41, 5.74) is 0.524. The number of halogens is 1. The Morgan fingerprint density at radius 3 is 2.78 bits per heavy atom. The summed E-state index contributed by atoms with van der Waals surface area (Å²) in [5.74, 6) is -1.04. The van der Waals surface area contributed by atoms with Crippen molar-refractivity contribution in [1.82, 2.24) is 4.90 Å². The van der Waals surface area contributed by atoms with Crippen LogP contribution in [0.3, 0.4) is 0 Å². The highest BCUT2D eigenvalue weighted by Crippen LogP contribution is 2.24. The number of carbonyl (C=O) groups is 2. The predicted molar refractivity (Wildman–Crippen MR) is 72.9 cm³/mol. The number of hydrogen-bond donors (Lipinski definition) is 2. The first kappa shape index (κ1) is 14.2. The Hall–Kier alpha value is -1.82. The molecule has 0 aliphatic heterocycles. The Morgan fingerprint density at radius 1 is 1.56 bits per heavy atom. The van der Waals surface area contributed by atoms with Crippen molar-refractivity contribution in [1.29, 1.82) is 0 Å². The highest BCUT2D eigenvalue weighted by atomic mass is 79.9. The number of hydrogen-bond acceptors (Lipinski definition) is 2. The zero-order valence-corrected chi connectivity index (χ0v) is 11.4. The van der Waals surface area contributed by atoms with Gasteiger partial charge in [-0.05, 0) is 34.1 Å². The highest BCUT2D eigenvalue weighted by Gasteiger charge is 2.11. The normalized spacial score (nSPS) is 9.67. The van der Waals surface area contributed by atoms with Gasteiger partial charge in [-0.1, -0.05) is 6.08 Å². The molecule has 0 unspecified atom stereocenters. The number of carboxylic acid groups (broad SMARTS) is 1. The third-order valence-electron chi connectivity index (χ3n) is 2.20. The quantitative estimate of drug-likeness (QED) is 0.840. The number of nitrogens with one attached hydrogen (secondary N) is 1. The van der Waals surface area contributed by atoms with E-state index in [2.05, 4.69) is 27.8 Å². The molecule has 96 valence electrons. The van der Waals surface area contributed by atoms with Crippen LogP contribution in [-0.2, 0) is 0 Å². The zero-order chi connectivity index (χ0) is 13.7. The fourth-order valence-electron chi connectivity index (χ4n) is 1.24. The van der Waals surface area contributed by atoms with Gasteiger partial charge < -0.3 is 15.3 Å². The molecule has 1 aromatic rings. The molecule has 2 amide bonds. The fraction of sp³-hybridized carbons (Fsp3) is 0.167. The summed E-state index contributed by atoms with van der Waals surface area (Å²) >= 11 is 3.25. The minimum Gasteiger partial charge on any atom is -0.478 e. The number of anilines is 1. The van der Waals surface area contributed by atoms with Gasteiger partial charge in [-0.2, -0.15) is 0 Å². The molecule has 5 nitrogen and oxygen atoms in total. The van der Waals surface area contributed by atoms with Crippen LogP contribution in [0.5, 0.6) is 0 Å². The summed E-state index contributed by atoms with van der Waals surface area (Å²) in [5, 5.41) is 11.5. The smallest absolute Gasteiger partial charge is 0.335 e. The molecule has 0 fully saturated rings. The maximum Gasteiger partial charge on any atom is 0.335 e. The Labute approximate surface area is 113 Å². The van der Waals surface area contributed by atoms with Crippen LogP contribution >= 0.6 is 15.9 Å². The van der Waals surface area contributed by atoms with E-state index >= 15 is 0 Å². The topological polar surface area (TPSA) is 69.6 Å². The van der Waals surface area contributed by atoms with E-state index in [1.165, 1.54) is 17.0 Å². The molecule has 0 saturated carbocycles. The van der Waals surface area contributed by atoms with Crippen molar-refractivity contribution in [3.05, 3.63) is 40.9 Å². The molecule has 6 heteroatoms. The number of benzene rings is 1. The lowest BCUT2D eigenvalue weighted by Gasteiger charge is -2.16. The summed E-state index contributed by atoms with van der Waals surface area (Å²) in [6.45, 7) is 3.94. The van der Waals surface area contributed by atoms with Gasteiger partial charge >= 0.3 is 12.0 Å². The Balaban J connectivity index is 2.89. The van der Waals surface area contributed by atoms with Crippen molar-refractivity contribution >= 4 is 33.6 Å². The van der Waals surface area contributed by atoms with E-state index in [-0.39, 0.29) is 11.6 Å². The second-order valence-corrected chi connectivity index (χ2v) is 4.45. The van der Waals surface area contributed by atoms with Crippen LogP contribution in [0.2, 0.25) is 0 Å². The van der Waals surface area contributed by atoms with Crippen molar-refractivity contribution < 1.29 is 14.7 Å². The van der Waals surface area contributed by atoms with Gasteiger partial charge in [-0.3, -0.25) is 0 Å². The second-order valence-electron chi connectivity index (χ2n) is 3.60. The van der Waals surface area contributed by atoms with E-state index in [0.29, 0.717) is 16.7 Å². The maximum absolute atomic E-state index is 11.7. The number of carboxylic acids is 1. The summed E-state index contributed by atoms with van der Waals surface area (Å²) in [7, 11) is 1.62. The Bertz CT molecular complexity index is 488. The second kappa shape index (κ2) is 6.20. The van der Waals surface area contributed by atoms with Crippen LogP contribution in [-0.4, -0.2) is 35.6 Å². The van der Waals surface area contributed by atoms with Gasteiger partial charge in [-0.15, -0.1) is 6.58 Å². The van der Waals surface area contributed by atoms with Crippen LogP contribution in [0.25, 0.3) is 0 Å². The standard InChI is InChI=1S/C12H13BrN2O3/c1-3-6-15(2)12(18)14-10-7-8(11(16)17)4-5-9(10)13/h3-5,7H,1,6H2,2H3,(H,14,18)(H,16,17). The molecular formula is C12H13BrN2O3. The molecule has 0 heterocycles. The van der Waals surface area contributed by atoms with Crippen molar-refractivity contribution in [2.75, 3.05) is 18.9 Å². The summed E-state index contributed by atoms with van der Waals surface area (Å²) in [6, 6.07) is 4.09. The van der Waals surface area contributed by atoms with E-state index in [0.717, 1.165) is 0 Å². The van der Waals surface area contributed by atoms with Gasteiger partial charge in [0.05, 0.1) is 11.3 Å². The van der Waals surface area contributed by atoms with Crippen molar-refractivity contribution in [2.45, 2.75) is 0 Å². The van der Waals surface area contributed by atoms with E-state index in [1.54, 1.807) is 19.2 Å². The average Bonchev–Trinajstić information content (AvgIpc) is 2.31.